The summed E-state index contributed by atoms with van der Waals surface area (Å²) < 4.78 is 7.68. The Labute approximate surface area is 144 Å². The first-order valence-corrected chi connectivity index (χ1v) is 8.07. The van der Waals surface area contributed by atoms with Crippen molar-refractivity contribution in [1.82, 2.24) is 14.5 Å². The third-order valence-electron chi connectivity index (χ3n) is 4.34. The maximum absolute atomic E-state index is 12.4. The number of pyridine rings is 1. The van der Waals surface area contributed by atoms with Gasteiger partial charge in [0, 0.05) is 24.0 Å². The molecule has 0 radical (unpaired) electrons. The van der Waals surface area contributed by atoms with Gasteiger partial charge < -0.3 is 14.2 Å². The molecule has 4 rings (SSSR count). The summed E-state index contributed by atoms with van der Waals surface area (Å²) in [6, 6.07) is 15.3. The Morgan fingerprint density at radius 2 is 2.12 bits per heavy atom. The van der Waals surface area contributed by atoms with Crippen molar-refractivity contribution in [3.05, 3.63) is 60.4 Å². The summed E-state index contributed by atoms with van der Waals surface area (Å²) >= 11 is 0. The van der Waals surface area contributed by atoms with Gasteiger partial charge >= 0.3 is 0 Å². The van der Waals surface area contributed by atoms with Crippen LogP contribution in [-0.4, -0.2) is 39.6 Å². The lowest BCUT2D eigenvalue weighted by Gasteiger charge is -2.38. The summed E-state index contributed by atoms with van der Waals surface area (Å²) in [6.07, 6.45) is 3.41. The van der Waals surface area contributed by atoms with E-state index in [1.165, 1.54) is 0 Å². The number of hydrogen-bond donors (Lipinski definition) is 0. The molecule has 1 aliphatic rings. The molecule has 1 fully saturated rings. The molecule has 0 unspecified atom stereocenters. The number of likely N-dealkylation sites (tertiary alicyclic amines) is 1. The maximum atomic E-state index is 12.4. The van der Waals surface area contributed by atoms with Gasteiger partial charge in [-0.3, -0.25) is 4.79 Å². The van der Waals surface area contributed by atoms with Gasteiger partial charge in [-0.1, -0.05) is 18.2 Å². The minimum atomic E-state index is -0.0770. The molecule has 0 N–H and O–H groups in total. The zero-order valence-corrected chi connectivity index (χ0v) is 13.5. The largest absolute Gasteiger partial charge is 0.471 e. The molecule has 3 aromatic rings. The van der Waals surface area contributed by atoms with E-state index in [4.69, 9.17) is 10.00 Å². The van der Waals surface area contributed by atoms with E-state index < -0.39 is 0 Å². The molecule has 0 saturated carbocycles. The number of hydrogen-bond acceptors (Lipinski definition) is 4. The van der Waals surface area contributed by atoms with Gasteiger partial charge in [0.2, 0.25) is 11.8 Å². The minimum Gasteiger partial charge on any atom is -0.471 e. The monoisotopic (exact) mass is 332 g/mol. The van der Waals surface area contributed by atoms with Crippen molar-refractivity contribution >= 4 is 16.8 Å². The van der Waals surface area contributed by atoms with Crippen molar-refractivity contribution < 1.29 is 9.53 Å². The fourth-order valence-electron chi connectivity index (χ4n) is 2.95. The number of ether oxygens (including phenoxy) is 1. The van der Waals surface area contributed by atoms with Crippen molar-refractivity contribution in [3.8, 4) is 11.9 Å². The third kappa shape index (κ3) is 3.04. The molecule has 6 heteroatoms. The van der Waals surface area contributed by atoms with Crippen molar-refractivity contribution in [3.63, 3.8) is 0 Å². The quantitative estimate of drug-likeness (QED) is 0.734. The molecule has 124 valence electrons. The zero-order chi connectivity index (χ0) is 17.2. The van der Waals surface area contributed by atoms with Crippen LogP contribution in [-0.2, 0) is 11.3 Å². The van der Waals surface area contributed by atoms with Gasteiger partial charge in [0.05, 0.1) is 24.7 Å². The molecule has 0 bridgehead atoms. The number of rotatable bonds is 4. The van der Waals surface area contributed by atoms with Gasteiger partial charge in [-0.15, -0.1) is 0 Å². The van der Waals surface area contributed by atoms with Crippen LogP contribution in [0.1, 0.15) is 5.56 Å². The van der Waals surface area contributed by atoms with Crippen molar-refractivity contribution in [2.45, 2.75) is 12.6 Å². The second-order valence-electron chi connectivity index (χ2n) is 6.04. The fourth-order valence-corrected chi connectivity index (χ4v) is 2.95. The molecular weight excluding hydrogens is 316 g/mol. The summed E-state index contributed by atoms with van der Waals surface area (Å²) in [7, 11) is 0. The van der Waals surface area contributed by atoms with E-state index in [0.717, 1.165) is 10.9 Å². The number of amides is 1. The van der Waals surface area contributed by atoms with Crippen LogP contribution in [0.5, 0.6) is 5.88 Å². The predicted molar refractivity (Wildman–Crippen MR) is 91.9 cm³/mol. The highest BCUT2D eigenvalue weighted by Gasteiger charge is 2.32. The predicted octanol–water partition coefficient (Wildman–Crippen LogP) is 2.20. The lowest BCUT2D eigenvalue weighted by atomic mass is 10.1. The second kappa shape index (κ2) is 6.29. The van der Waals surface area contributed by atoms with E-state index in [0.29, 0.717) is 31.1 Å². The van der Waals surface area contributed by atoms with E-state index in [2.05, 4.69) is 11.1 Å². The summed E-state index contributed by atoms with van der Waals surface area (Å²) in [6.45, 7) is 1.40. The Hall–Kier alpha value is -3.33. The van der Waals surface area contributed by atoms with Crippen molar-refractivity contribution in [1.29, 1.82) is 5.26 Å². The van der Waals surface area contributed by atoms with E-state index >= 15 is 0 Å². The van der Waals surface area contributed by atoms with Crippen LogP contribution >= 0.6 is 0 Å². The third-order valence-corrected chi connectivity index (χ3v) is 4.34. The second-order valence-corrected chi connectivity index (χ2v) is 6.04. The maximum Gasteiger partial charge on any atom is 0.242 e. The summed E-state index contributed by atoms with van der Waals surface area (Å²) in [5.41, 5.74) is 1.57. The Morgan fingerprint density at radius 1 is 1.28 bits per heavy atom. The molecule has 1 saturated heterocycles. The van der Waals surface area contributed by atoms with Crippen LogP contribution < -0.4 is 4.74 Å². The van der Waals surface area contributed by atoms with E-state index in [-0.39, 0.29) is 12.0 Å². The molecule has 6 nitrogen and oxygen atoms in total. The lowest BCUT2D eigenvalue weighted by molar-refractivity contribution is -0.140. The molecule has 3 heterocycles. The number of nitriles is 1. The number of fused-ring (bicyclic) bond motifs is 1. The highest BCUT2D eigenvalue weighted by molar-refractivity contribution is 5.83. The Kier molecular flexibility index (Phi) is 3.82. The van der Waals surface area contributed by atoms with Crippen LogP contribution in [0, 0.1) is 11.3 Å². The molecule has 0 spiro atoms. The standard InChI is InChI=1S/C19H16N4O2/c20-10-14-5-7-21-18(9-14)25-16-11-23(12-16)19(24)13-22-8-6-15-3-1-2-4-17(15)22/h1-9,16H,11-13H2. The molecule has 0 atom stereocenters. The first kappa shape index (κ1) is 15.2. The lowest BCUT2D eigenvalue weighted by Crippen LogP contribution is -2.56. The molecule has 1 aromatic carbocycles. The average Bonchev–Trinajstić information content (AvgIpc) is 3.01. The van der Waals surface area contributed by atoms with Crippen LogP contribution in [0.3, 0.4) is 0 Å². The van der Waals surface area contributed by atoms with E-state index in [9.17, 15) is 4.79 Å². The molecular formula is C19H16N4O2. The molecule has 1 aliphatic heterocycles. The van der Waals surface area contributed by atoms with Gasteiger partial charge in [0.15, 0.2) is 0 Å². The first-order valence-electron chi connectivity index (χ1n) is 8.07. The van der Waals surface area contributed by atoms with Gasteiger partial charge in [-0.2, -0.15) is 5.26 Å². The molecule has 2 aromatic heterocycles. The molecule has 1 amide bonds. The van der Waals surface area contributed by atoms with E-state index in [1.54, 1.807) is 23.2 Å². The smallest absolute Gasteiger partial charge is 0.242 e. The number of carbonyl (C=O) groups is 1. The summed E-state index contributed by atoms with van der Waals surface area (Å²) in [5, 5.41) is 10.0. The highest BCUT2D eigenvalue weighted by atomic mass is 16.5. The average molecular weight is 332 g/mol. The van der Waals surface area contributed by atoms with Crippen LogP contribution in [0.25, 0.3) is 10.9 Å². The van der Waals surface area contributed by atoms with Gasteiger partial charge in [-0.05, 0) is 23.6 Å². The number of para-hydroxylation sites is 1. The van der Waals surface area contributed by atoms with Gasteiger partial charge in [0.25, 0.3) is 0 Å². The van der Waals surface area contributed by atoms with Crippen molar-refractivity contribution in [2.24, 2.45) is 0 Å². The highest BCUT2D eigenvalue weighted by Crippen LogP contribution is 2.19. The Balaban J connectivity index is 1.34. The summed E-state index contributed by atoms with van der Waals surface area (Å²) in [5.74, 6) is 0.493. The molecule has 25 heavy (non-hydrogen) atoms. The zero-order valence-electron chi connectivity index (χ0n) is 13.5. The minimum absolute atomic E-state index is 0.0694. The van der Waals surface area contributed by atoms with Gasteiger partial charge in [-0.25, -0.2) is 4.98 Å². The molecule has 0 aliphatic carbocycles. The Morgan fingerprint density at radius 3 is 2.96 bits per heavy atom. The topological polar surface area (TPSA) is 71.2 Å². The van der Waals surface area contributed by atoms with Crippen LogP contribution in [0.4, 0.5) is 0 Å². The Bertz CT molecular complexity index is 967. The normalized spacial score (nSPS) is 14.1. The van der Waals surface area contributed by atoms with Gasteiger partial charge in [0.1, 0.15) is 12.6 Å². The van der Waals surface area contributed by atoms with Crippen LogP contribution in [0.2, 0.25) is 0 Å². The number of nitrogens with zero attached hydrogens (tertiary/aromatic N) is 4. The van der Waals surface area contributed by atoms with Crippen molar-refractivity contribution in [2.75, 3.05) is 13.1 Å². The first-order chi connectivity index (χ1) is 12.2. The van der Waals surface area contributed by atoms with E-state index in [1.807, 2.05) is 41.1 Å². The number of carbonyl (C=O) groups excluding carboxylic acids is 1. The SMILES string of the molecule is N#Cc1ccnc(OC2CN(C(=O)Cn3ccc4ccccc43)C2)c1. The number of aromatic nitrogens is 2. The summed E-state index contributed by atoms with van der Waals surface area (Å²) in [4.78, 5) is 18.3. The number of benzene rings is 1. The fraction of sp³-hybridized carbons (Fsp3) is 0.211. The van der Waals surface area contributed by atoms with Crippen LogP contribution in [0.15, 0.2) is 54.9 Å².